The number of nitrogens with zero attached hydrogens (tertiary/aromatic N) is 6. The van der Waals surface area contributed by atoms with E-state index in [0.29, 0.717) is 25.1 Å². The SMILES string of the molecule is CCn1nncc1C(=O)N[C@@H]1CCC(=O)N(C2CC2)[C@H]1c1ccnn1C. The van der Waals surface area contributed by atoms with E-state index in [1.165, 1.54) is 6.20 Å². The molecule has 9 nitrogen and oxygen atoms in total. The highest BCUT2D eigenvalue weighted by atomic mass is 16.2. The lowest BCUT2D eigenvalue weighted by atomic mass is 9.92. The number of likely N-dealkylation sites (tertiary alicyclic amines) is 1. The van der Waals surface area contributed by atoms with E-state index in [1.54, 1.807) is 15.6 Å². The van der Waals surface area contributed by atoms with Gasteiger partial charge in [-0.05, 0) is 32.3 Å². The van der Waals surface area contributed by atoms with Gasteiger partial charge in [-0.3, -0.25) is 14.3 Å². The van der Waals surface area contributed by atoms with E-state index >= 15 is 0 Å². The van der Waals surface area contributed by atoms with Crippen molar-refractivity contribution < 1.29 is 9.59 Å². The number of carbonyl (C=O) groups excluding carboxylic acids is 2. The summed E-state index contributed by atoms with van der Waals surface area (Å²) in [6, 6.07) is 1.82. The Bertz CT molecular complexity index is 823. The molecule has 26 heavy (non-hydrogen) atoms. The van der Waals surface area contributed by atoms with Crippen molar-refractivity contribution in [3.63, 3.8) is 0 Å². The number of piperidine rings is 1. The third kappa shape index (κ3) is 2.87. The lowest BCUT2D eigenvalue weighted by Gasteiger charge is -2.41. The summed E-state index contributed by atoms with van der Waals surface area (Å²) in [6.07, 6.45) is 6.30. The highest BCUT2D eigenvalue weighted by molar-refractivity contribution is 5.92. The van der Waals surface area contributed by atoms with Crippen molar-refractivity contribution in [3.8, 4) is 0 Å². The lowest BCUT2D eigenvalue weighted by Crippen LogP contribution is -2.53. The maximum absolute atomic E-state index is 12.8. The van der Waals surface area contributed by atoms with Crippen molar-refractivity contribution in [3.05, 3.63) is 29.8 Å². The molecule has 1 aliphatic heterocycles. The van der Waals surface area contributed by atoms with Gasteiger partial charge in [0.05, 0.1) is 24.0 Å². The molecule has 2 atom stereocenters. The standard InChI is InChI=1S/C17H23N7O2/c1-3-23-14(10-18-21-23)17(26)20-12-6-7-15(25)24(11-4-5-11)16(12)13-8-9-19-22(13)2/h8-12,16H,3-7H2,1-2H3,(H,20,26)/t12-,16-/m1/s1. The van der Waals surface area contributed by atoms with Crippen LogP contribution in [0, 0.1) is 0 Å². The van der Waals surface area contributed by atoms with Gasteiger partial charge in [0.1, 0.15) is 5.69 Å². The number of amides is 2. The minimum Gasteiger partial charge on any atom is -0.345 e. The summed E-state index contributed by atoms with van der Waals surface area (Å²) in [6.45, 7) is 2.49. The normalized spacial score (nSPS) is 23.3. The van der Waals surface area contributed by atoms with E-state index in [-0.39, 0.29) is 29.9 Å². The van der Waals surface area contributed by atoms with Crippen LogP contribution in [0.4, 0.5) is 0 Å². The molecular weight excluding hydrogens is 334 g/mol. The molecule has 0 radical (unpaired) electrons. The number of nitrogens with one attached hydrogen (secondary N) is 1. The maximum Gasteiger partial charge on any atom is 0.271 e. The van der Waals surface area contributed by atoms with Gasteiger partial charge >= 0.3 is 0 Å². The second-order valence-electron chi connectivity index (χ2n) is 6.91. The smallest absolute Gasteiger partial charge is 0.271 e. The zero-order valence-electron chi connectivity index (χ0n) is 15.0. The number of hydrogen-bond donors (Lipinski definition) is 1. The molecule has 0 spiro atoms. The monoisotopic (exact) mass is 357 g/mol. The van der Waals surface area contributed by atoms with Crippen molar-refractivity contribution >= 4 is 11.8 Å². The van der Waals surface area contributed by atoms with Crippen LogP contribution in [0.25, 0.3) is 0 Å². The van der Waals surface area contributed by atoms with Crippen molar-refractivity contribution in [2.24, 2.45) is 7.05 Å². The molecule has 3 heterocycles. The summed E-state index contributed by atoms with van der Waals surface area (Å²) >= 11 is 0. The molecule has 1 aliphatic carbocycles. The van der Waals surface area contributed by atoms with Crippen molar-refractivity contribution in [1.82, 2.24) is 35.0 Å². The predicted octanol–water partition coefficient (Wildman–Crippen LogP) is 0.656. The summed E-state index contributed by atoms with van der Waals surface area (Å²) in [5.41, 5.74) is 1.38. The van der Waals surface area contributed by atoms with Crippen molar-refractivity contribution in [1.29, 1.82) is 0 Å². The van der Waals surface area contributed by atoms with Gasteiger partial charge in [0.15, 0.2) is 0 Å². The van der Waals surface area contributed by atoms with Crippen LogP contribution in [0.3, 0.4) is 0 Å². The zero-order valence-corrected chi connectivity index (χ0v) is 15.0. The van der Waals surface area contributed by atoms with Crippen molar-refractivity contribution in [2.45, 2.75) is 57.3 Å². The molecular formula is C17H23N7O2. The van der Waals surface area contributed by atoms with Gasteiger partial charge in [0.25, 0.3) is 5.91 Å². The summed E-state index contributed by atoms with van der Waals surface area (Å²) < 4.78 is 3.36. The Morgan fingerprint density at radius 1 is 1.35 bits per heavy atom. The number of carbonyl (C=O) groups is 2. The zero-order chi connectivity index (χ0) is 18.3. The first kappa shape index (κ1) is 16.7. The number of rotatable bonds is 5. The Balaban J connectivity index is 1.63. The molecule has 0 unspecified atom stereocenters. The third-order valence-corrected chi connectivity index (χ3v) is 5.21. The fourth-order valence-corrected chi connectivity index (χ4v) is 3.78. The summed E-state index contributed by atoms with van der Waals surface area (Å²) in [5.74, 6) is -0.0522. The molecule has 1 saturated heterocycles. The van der Waals surface area contributed by atoms with Crippen LogP contribution < -0.4 is 5.32 Å². The topological polar surface area (TPSA) is 97.9 Å². The van der Waals surface area contributed by atoms with Crippen LogP contribution in [0.2, 0.25) is 0 Å². The van der Waals surface area contributed by atoms with Crippen LogP contribution in [0.5, 0.6) is 0 Å². The van der Waals surface area contributed by atoms with Crippen molar-refractivity contribution in [2.75, 3.05) is 0 Å². The van der Waals surface area contributed by atoms with Gasteiger partial charge in [-0.1, -0.05) is 5.21 Å². The largest absolute Gasteiger partial charge is 0.345 e. The third-order valence-electron chi connectivity index (χ3n) is 5.21. The second kappa shape index (κ2) is 6.54. The lowest BCUT2D eigenvalue weighted by molar-refractivity contribution is -0.138. The molecule has 2 amide bonds. The molecule has 9 heteroatoms. The minimum atomic E-state index is -0.209. The molecule has 0 bridgehead atoms. The van der Waals surface area contributed by atoms with E-state index in [9.17, 15) is 9.59 Å². The predicted molar refractivity (Wildman–Crippen MR) is 92.0 cm³/mol. The van der Waals surface area contributed by atoms with Crippen LogP contribution in [0.15, 0.2) is 18.5 Å². The molecule has 1 saturated carbocycles. The van der Waals surface area contributed by atoms with E-state index < -0.39 is 0 Å². The van der Waals surface area contributed by atoms with Crippen LogP contribution in [0.1, 0.15) is 54.8 Å². The molecule has 0 aromatic carbocycles. The van der Waals surface area contributed by atoms with E-state index in [2.05, 4.69) is 20.7 Å². The molecule has 4 rings (SSSR count). The molecule has 1 N–H and O–H groups in total. The average molecular weight is 357 g/mol. The highest BCUT2D eigenvalue weighted by Gasteiger charge is 2.45. The van der Waals surface area contributed by atoms with Gasteiger partial charge in [-0.15, -0.1) is 5.10 Å². The fourth-order valence-electron chi connectivity index (χ4n) is 3.78. The van der Waals surface area contributed by atoms with Gasteiger partial charge in [-0.25, -0.2) is 4.68 Å². The second-order valence-corrected chi connectivity index (χ2v) is 6.91. The Kier molecular flexibility index (Phi) is 4.21. The molecule has 138 valence electrons. The van der Waals surface area contributed by atoms with E-state index in [4.69, 9.17) is 0 Å². The molecule has 2 aromatic heterocycles. The Labute approximate surface area is 151 Å². The molecule has 2 aliphatic rings. The first-order valence-corrected chi connectivity index (χ1v) is 9.08. The molecule has 2 aromatic rings. The minimum absolute atomic E-state index is 0.157. The van der Waals surface area contributed by atoms with Gasteiger partial charge in [0, 0.05) is 32.3 Å². The number of aryl methyl sites for hydroxylation is 2. The number of hydrogen-bond acceptors (Lipinski definition) is 5. The Morgan fingerprint density at radius 2 is 2.15 bits per heavy atom. The Morgan fingerprint density at radius 3 is 2.81 bits per heavy atom. The molecule has 2 fully saturated rings. The summed E-state index contributed by atoms with van der Waals surface area (Å²) in [7, 11) is 1.87. The van der Waals surface area contributed by atoms with E-state index in [0.717, 1.165) is 18.5 Å². The van der Waals surface area contributed by atoms with Gasteiger partial charge < -0.3 is 10.2 Å². The highest BCUT2D eigenvalue weighted by Crippen LogP contribution is 2.40. The average Bonchev–Trinajstić information content (AvgIpc) is 3.18. The van der Waals surface area contributed by atoms with Crippen LogP contribution >= 0.6 is 0 Å². The van der Waals surface area contributed by atoms with Crippen LogP contribution in [-0.2, 0) is 18.4 Å². The van der Waals surface area contributed by atoms with Gasteiger partial charge in [-0.2, -0.15) is 5.10 Å². The number of aromatic nitrogens is 5. The first-order valence-electron chi connectivity index (χ1n) is 9.08. The summed E-state index contributed by atoms with van der Waals surface area (Å²) in [5, 5.41) is 15.1. The fraction of sp³-hybridized carbons (Fsp3) is 0.588. The van der Waals surface area contributed by atoms with Crippen LogP contribution in [-0.4, -0.2) is 53.6 Å². The Hall–Kier alpha value is -2.71. The quantitative estimate of drug-likeness (QED) is 0.847. The van der Waals surface area contributed by atoms with E-state index in [1.807, 2.05) is 24.9 Å². The summed E-state index contributed by atoms with van der Waals surface area (Å²) in [4.78, 5) is 27.4. The maximum atomic E-state index is 12.8. The van der Waals surface area contributed by atoms with Gasteiger partial charge in [0.2, 0.25) is 5.91 Å². The first-order chi connectivity index (χ1) is 12.6.